The number of anilines is 1. The van der Waals surface area contributed by atoms with Gasteiger partial charge in [0.15, 0.2) is 0 Å². The molecule has 3 atom stereocenters. The quantitative estimate of drug-likeness (QED) is 0.289. The summed E-state index contributed by atoms with van der Waals surface area (Å²) in [5.74, 6) is -0.303. The number of hydrogen-bond donors (Lipinski definition) is 2. The highest BCUT2D eigenvalue weighted by molar-refractivity contribution is 6.03. The van der Waals surface area contributed by atoms with Gasteiger partial charge in [-0.05, 0) is 52.4 Å². The van der Waals surface area contributed by atoms with E-state index in [1.807, 2.05) is 24.3 Å². The average molecular weight is 554 g/mol. The van der Waals surface area contributed by atoms with E-state index in [2.05, 4.69) is 28.5 Å². The van der Waals surface area contributed by atoms with Gasteiger partial charge in [0, 0.05) is 18.2 Å². The van der Waals surface area contributed by atoms with E-state index in [-0.39, 0.29) is 25.5 Å². The Kier molecular flexibility index (Phi) is 7.32. The van der Waals surface area contributed by atoms with E-state index in [0.29, 0.717) is 5.56 Å². The molecule has 0 bridgehead atoms. The number of hydrogen-bond acceptors (Lipinski definition) is 8. The van der Waals surface area contributed by atoms with Crippen molar-refractivity contribution in [3.05, 3.63) is 118 Å². The number of amides is 1. The molecule has 1 aliphatic heterocycles. The first kappa shape index (κ1) is 26.4. The molecule has 41 heavy (non-hydrogen) atoms. The first-order valence-electron chi connectivity index (χ1n) is 13.2. The predicted octanol–water partition coefficient (Wildman–Crippen LogP) is 4.07. The van der Waals surface area contributed by atoms with Crippen molar-refractivity contribution in [3.63, 3.8) is 0 Å². The maximum Gasteiger partial charge on any atom is 0.508 e. The van der Waals surface area contributed by atoms with Crippen molar-refractivity contribution in [1.82, 2.24) is 9.55 Å². The number of rotatable bonds is 7. The summed E-state index contributed by atoms with van der Waals surface area (Å²) < 4.78 is 17.6. The molecule has 10 nitrogen and oxygen atoms in total. The van der Waals surface area contributed by atoms with Crippen molar-refractivity contribution in [2.24, 2.45) is 0 Å². The SMILES string of the molecule is O=C(OCc1cccc2c1Cc1ccccc1-2)OC[C@H]1O[C@@H](n2ccc(NC(=O)c3ccccc3)nc2=O)CC1O. The lowest BCUT2D eigenvalue weighted by atomic mass is 10.0. The van der Waals surface area contributed by atoms with Gasteiger partial charge in [-0.1, -0.05) is 60.7 Å². The number of ether oxygens (including phenoxy) is 3. The minimum Gasteiger partial charge on any atom is -0.431 e. The van der Waals surface area contributed by atoms with Gasteiger partial charge < -0.3 is 24.6 Å². The molecular weight excluding hydrogens is 526 g/mol. The van der Waals surface area contributed by atoms with E-state index in [4.69, 9.17) is 14.2 Å². The van der Waals surface area contributed by atoms with Crippen molar-refractivity contribution in [2.75, 3.05) is 11.9 Å². The molecule has 2 heterocycles. The monoisotopic (exact) mass is 553 g/mol. The number of nitrogens with one attached hydrogen (secondary N) is 1. The Balaban J connectivity index is 1.01. The number of carbonyl (C=O) groups excluding carboxylic acids is 2. The highest BCUT2D eigenvalue weighted by Crippen LogP contribution is 2.38. The summed E-state index contributed by atoms with van der Waals surface area (Å²) in [4.78, 5) is 41.2. The van der Waals surface area contributed by atoms with Crippen molar-refractivity contribution in [1.29, 1.82) is 0 Å². The normalized spacial score (nSPS) is 18.8. The Hall–Kier alpha value is -4.80. The Labute approximate surface area is 235 Å². The molecule has 0 radical (unpaired) electrons. The summed E-state index contributed by atoms with van der Waals surface area (Å²) in [6.07, 6.45) is -1.23. The summed E-state index contributed by atoms with van der Waals surface area (Å²) in [5, 5.41) is 13.1. The molecule has 208 valence electrons. The third kappa shape index (κ3) is 5.60. The number of aliphatic hydroxyl groups is 1. The molecule has 3 aromatic carbocycles. The fraction of sp³-hybridized carbons (Fsp3) is 0.226. The smallest absolute Gasteiger partial charge is 0.431 e. The van der Waals surface area contributed by atoms with Gasteiger partial charge in [-0.2, -0.15) is 4.98 Å². The summed E-state index contributed by atoms with van der Waals surface area (Å²) in [5.41, 5.74) is 5.37. The maximum absolute atomic E-state index is 12.6. The lowest BCUT2D eigenvalue weighted by Gasteiger charge is -2.16. The molecule has 2 N–H and O–H groups in total. The number of nitrogens with zero attached hydrogens (tertiary/aromatic N) is 2. The van der Waals surface area contributed by atoms with Gasteiger partial charge in [0.25, 0.3) is 5.91 Å². The van der Waals surface area contributed by atoms with Gasteiger partial charge in [-0.25, -0.2) is 9.59 Å². The molecule has 6 rings (SSSR count). The lowest BCUT2D eigenvalue weighted by Crippen LogP contribution is -2.29. The van der Waals surface area contributed by atoms with Crippen LogP contribution in [0.25, 0.3) is 11.1 Å². The Morgan fingerprint density at radius 1 is 0.976 bits per heavy atom. The number of carbonyl (C=O) groups is 2. The van der Waals surface area contributed by atoms with Crippen LogP contribution in [-0.4, -0.2) is 45.5 Å². The third-order valence-electron chi connectivity index (χ3n) is 7.28. The van der Waals surface area contributed by atoms with Crippen molar-refractivity contribution in [2.45, 2.75) is 37.9 Å². The molecular formula is C31H27N3O7. The van der Waals surface area contributed by atoms with Crippen LogP contribution in [0.2, 0.25) is 0 Å². The van der Waals surface area contributed by atoms with Crippen molar-refractivity contribution < 1.29 is 28.9 Å². The van der Waals surface area contributed by atoms with Crippen molar-refractivity contribution in [3.8, 4) is 11.1 Å². The van der Waals surface area contributed by atoms with Crippen LogP contribution in [-0.2, 0) is 27.2 Å². The fourth-order valence-corrected chi connectivity index (χ4v) is 5.20. The standard InChI is InChI=1S/C31H27N3O7/c35-25-16-28(34-14-13-27(33-30(34)37)32-29(36)19-7-2-1-3-8-19)41-26(25)18-40-31(38)39-17-21-10-6-12-23-22-11-5-4-9-20(22)15-24(21)23/h1-14,25-26,28,35H,15-18H2,(H,32,33,36,37)/t25?,26-,28-/m1/s1. The average Bonchev–Trinajstić information content (AvgIpc) is 3.55. The zero-order valence-electron chi connectivity index (χ0n) is 21.9. The first-order valence-corrected chi connectivity index (χ1v) is 13.2. The highest BCUT2D eigenvalue weighted by atomic mass is 16.7. The van der Waals surface area contributed by atoms with Crippen LogP contribution in [0.15, 0.2) is 89.9 Å². The van der Waals surface area contributed by atoms with Crippen LogP contribution < -0.4 is 11.0 Å². The summed E-state index contributed by atoms with van der Waals surface area (Å²) in [6, 6.07) is 24.2. The Morgan fingerprint density at radius 2 is 1.76 bits per heavy atom. The van der Waals surface area contributed by atoms with Crippen molar-refractivity contribution >= 4 is 17.9 Å². The molecule has 10 heteroatoms. The number of benzene rings is 3. The number of fused-ring (bicyclic) bond motifs is 3. The second-order valence-corrected chi connectivity index (χ2v) is 9.88. The van der Waals surface area contributed by atoms with Crippen LogP contribution in [0.1, 0.15) is 39.7 Å². The van der Waals surface area contributed by atoms with Crippen LogP contribution in [0.3, 0.4) is 0 Å². The van der Waals surface area contributed by atoms with E-state index < -0.39 is 36.2 Å². The van der Waals surface area contributed by atoms with Gasteiger partial charge in [0.1, 0.15) is 31.4 Å². The Bertz CT molecular complexity index is 1650. The summed E-state index contributed by atoms with van der Waals surface area (Å²) in [7, 11) is 0. The second kappa shape index (κ2) is 11.4. The highest BCUT2D eigenvalue weighted by Gasteiger charge is 2.36. The van der Waals surface area contributed by atoms with Crippen LogP contribution in [0, 0.1) is 0 Å². The second-order valence-electron chi connectivity index (χ2n) is 9.88. The molecule has 1 unspecified atom stereocenters. The summed E-state index contributed by atoms with van der Waals surface area (Å²) in [6.45, 7) is -0.191. The summed E-state index contributed by atoms with van der Waals surface area (Å²) >= 11 is 0. The molecule has 1 aliphatic carbocycles. The fourth-order valence-electron chi connectivity index (χ4n) is 5.20. The first-order chi connectivity index (χ1) is 20.0. The third-order valence-corrected chi connectivity index (χ3v) is 7.28. The van der Waals surface area contributed by atoms with E-state index in [1.165, 1.54) is 28.0 Å². The predicted molar refractivity (Wildman–Crippen MR) is 148 cm³/mol. The van der Waals surface area contributed by atoms with E-state index in [9.17, 15) is 19.5 Å². The minimum atomic E-state index is -0.979. The zero-order chi connectivity index (χ0) is 28.3. The molecule has 0 spiro atoms. The van der Waals surface area contributed by atoms with Gasteiger partial charge in [-0.15, -0.1) is 0 Å². The minimum absolute atomic E-state index is 0.0565. The van der Waals surface area contributed by atoms with Gasteiger partial charge in [0.05, 0.1) is 6.10 Å². The molecule has 1 saturated heterocycles. The van der Waals surface area contributed by atoms with Crippen LogP contribution in [0.4, 0.5) is 10.6 Å². The molecule has 1 amide bonds. The molecule has 4 aromatic rings. The van der Waals surface area contributed by atoms with Gasteiger partial charge >= 0.3 is 11.8 Å². The molecule has 0 saturated carbocycles. The molecule has 2 aliphatic rings. The van der Waals surface area contributed by atoms with Gasteiger partial charge in [-0.3, -0.25) is 9.36 Å². The van der Waals surface area contributed by atoms with Crippen LogP contribution in [0.5, 0.6) is 0 Å². The topological polar surface area (TPSA) is 129 Å². The number of aliphatic hydroxyl groups excluding tert-OH is 1. The van der Waals surface area contributed by atoms with E-state index >= 15 is 0 Å². The molecule has 1 fully saturated rings. The number of aromatic nitrogens is 2. The van der Waals surface area contributed by atoms with E-state index in [0.717, 1.165) is 23.1 Å². The largest absolute Gasteiger partial charge is 0.508 e. The van der Waals surface area contributed by atoms with Crippen LogP contribution >= 0.6 is 0 Å². The molecule has 1 aromatic heterocycles. The maximum atomic E-state index is 12.6. The zero-order valence-corrected chi connectivity index (χ0v) is 21.9. The van der Waals surface area contributed by atoms with E-state index in [1.54, 1.807) is 30.3 Å². The Morgan fingerprint density at radius 3 is 2.59 bits per heavy atom. The van der Waals surface area contributed by atoms with Gasteiger partial charge in [0.2, 0.25) is 0 Å². The lowest BCUT2D eigenvalue weighted by molar-refractivity contribution is -0.0595.